The van der Waals surface area contributed by atoms with E-state index in [1.165, 1.54) is 14.2 Å². The molecule has 0 aliphatic heterocycles. The molecule has 0 saturated heterocycles. The van der Waals surface area contributed by atoms with Gasteiger partial charge in [0.05, 0.1) is 10.9 Å². The monoisotopic (exact) mass is 339 g/mol. The van der Waals surface area contributed by atoms with Gasteiger partial charge in [-0.1, -0.05) is 12.1 Å². The summed E-state index contributed by atoms with van der Waals surface area (Å²) >= 11 is 5.27. The van der Waals surface area contributed by atoms with Crippen LogP contribution in [0.1, 0.15) is 36.4 Å². The van der Waals surface area contributed by atoms with Gasteiger partial charge in [-0.15, -0.1) is 11.3 Å². The highest BCUT2D eigenvalue weighted by atomic mass is 79.9. The molecule has 0 fully saturated rings. The van der Waals surface area contributed by atoms with Gasteiger partial charge in [0.1, 0.15) is 5.75 Å². The highest BCUT2D eigenvalue weighted by Crippen LogP contribution is 2.29. The number of ether oxygens (including phenoxy) is 1. The van der Waals surface area contributed by atoms with Crippen LogP contribution >= 0.6 is 27.3 Å². The van der Waals surface area contributed by atoms with Gasteiger partial charge in [-0.25, -0.2) is 0 Å². The second kappa shape index (κ2) is 6.55. The van der Waals surface area contributed by atoms with Crippen molar-refractivity contribution in [2.75, 3.05) is 7.11 Å². The highest BCUT2D eigenvalue weighted by molar-refractivity contribution is 9.11. The normalized spacial score (nSPS) is 14.1. The van der Waals surface area contributed by atoms with E-state index in [0.717, 1.165) is 5.75 Å². The van der Waals surface area contributed by atoms with Gasteiger partial charge in [0, 0.05) is 17.0 Å². The Morgan fingerprint density at radius 3 is 2.58 bits per heavy atom. The molecule has 2 unspecified atom stereocenters. The first-order chi connectivity index (χ1) is 9.10. The Hall–Kier alpha value is -0.840. The Labute approximate surface area is 126 Å². The summed E-state index contributed by atoms with van der Waals surface area (Å²) in [4.78, 5) is 1.33. The van der Waals surface area contributed by atoms with Gasteiger partial charge in [0.25, 0.3) is 0 Å². The zero-order valence-corrected chi connectivity index (χ0v) is 13.7. The molecule has 0 bridgehead atoms. The molecule has 2 nitrogen and oxygen atoms in total. The van der Waals surface area contributed by atoms with Crippen LogP contribution in [0.3, 0.4) is 0 Å². The van der Waals surface area contributed by atoms with Crippen LogP contribution in [-0.4, -0.2) is 7.11 Å². The number of hydrogen-bond acceptors (Lipinski definition) is 3. The van der Waals surface area contributed by atoms with E-state index in [9.17, 15) is 0 Å². The van der Waals surface area contributed by atoms with E-state index >= 15 is 0 Å². The Morgan fingerprint density at radius 1 is 1.16 bits per heavy atom. The predicted octanol–water partition coefficient (Wildman–Crippen LogP) is 4.93. The lowest BCUT2D eigenvalue weighted by Gasteiger charge is -2.20. The highest BCUT2D eigenvalue weighted by Gasteiger charge is 2.13. The predicted molar refractivity (Wildman–Crippen MR) is 85.0 cm³/mol. The summed E-state index contributed by atoms with van der Waals surface area (Å²) in [6.07, 6.45) is 0. The largest absolute Gasteiger partial charge is 0.497 e. The third-order valence-corrected chi connectivity index (χ3v) is 4.92. The van der Waals surface area contributed by atoms with Crippen LogP contribution in [0.15, 0.2) is 40.2 Å². The third kappa shape index (κ3) is 3.81. The van der Waals surface area contributed by atoms with Crippen molar-refractivity contribution in [2.24, 2.45) is 0 Å². The SMILES string of the molecule is COc1cccc(C(C)NC(C)c2ccc(Br)s2)c1. The molecule has 2 rings (SSSR count). The van der Waals surface area contributed by atoms with Crippen molar-refractivity contribution in [1.29, 1.82) is 0 Å². The molecule has 0 saturated carbocycles. The average molecular weight is 340 g/mol. The van der Waals surface area contributed by atoms with Crippen LogP contribution in [0.4, 0.5) is 0 Å². The quantitative estimate of drug-likeness (QED) is 0.833. The second-order valence-electron chi connectivity index (χ2n) is 4.53. The van der Waals surface area contributed by atoms with E-state index in [0.29, 0.717) is 6.04 Å². The first-order valence-corrected chi connectivity index (χ1v) is 7.86. The molecule has 2 atom stereocenters. The molecule has 1 aromatic heterocycles. The van der Waals surface area contributed by atoms with Crippen molar-refractivity contribution in [3.63, 3.8) is 0 Å². The van der Waals surface area contributed by atoms with E-state index in [1.807, 2.05) is 12.1 Å². The van der Waals surface area contributed by atoms with E-state index in [4.69, 9.17) is 4.74 Å². The molecule has 1 aromatic carbocycles. The minimum absolute atomic E-state index is 0.283. The van der Waals surface area contributed by atoms with Gasteiger partial charge in [-0.3, -0.25) is 0 Å². The summed E-state index contributed by atoms with van der Waals surface area (Å²) in [6.45, 7) is 4.36. The molecule has 0 aliphatic rings. The molecule has 19 heavy (non-hydrogen) atoms. The molecule has 0 spiro atoms. The lowest BCUT2D eigenvalue weighted by Crippen LogP contribution is -2.21. The topological polar surface area (TPSA) is 21.3 Å². The molecular weight excluding hydrogens is 322 g/mol. The molecule has 1 heterocycles. The third-order valence-electron chi connectivity index (χ3n) is 3.11. The number of thiophene rings is 1. The van der Waals surface area contributed by atoms with Crippen LogP contribution < -0.4 is 10.1 Å². The average Bonchev–Trinajstić information content (AvgIpc) is 2.85. The van der Waals surface area contributed by atoms with Gasteiger partial charge >= 0.3 is 0 Å². The summed E-state index contributed by atoms with van der Waals surface area (Å²) in [6, 6.07) is 13.1. The van der Waals surface area contributed by atoms with Gasteiger partial charge in [-0.05, 0) is 59.6 Å². The zero-order chi connectivity index (χ0) is 13.8. The van der Waals surface area contributed by atoms with Crippen molar-refractivity contribution >= 4 is 27.3 Å². The fourth-order valence-electron chi connectivity index (χ4n) is 2.03. The smallest absolute Gasteiger partial charge is 0.119 e. The lowest BCUT2D eigenvalue weighted by atomic mass is 10.1. The summed E-state index contributed by atoms with van der Waals surface area (Å²) in [5, 5.41) is 3.61. The summed E-state index contributed by atoms with van der Waals surface area (Å²) < 4.78 is 6.44. The fourth-order valence-corrected chi connectivity index (χ4v) is 3.46. The van der Waals surface area contributed by atoms with E-state index < -0.39 is 0 Å². The number of rotatable bonds is 5. The van der Waals surface area contributed by atoms with E-state index in [-0.39, 0.29) is 6.04 Å². The minimum Gasteiger partial charge on any atom is -0.497 e. The first kappa shape index (κ1) is 14.6. The Bertz CT molecular complexity index is 540. The van der Waals surface area contributed by atoms with Crippen molar-refractivity contribution in [1.82, 2.24) is 5.32 Å². The number of nitrogens with one attached hydrogen (secondary N) is 1. The molecule has 0 aliphatic carbocycles. The second-order valence-corrected chi connectivity index (χ2v) is 7.02. The molecule has 2 aromatic rings. The Balaban J connectivity index is 2.05. The Kier molecular flexibility index (Phi) is 5.02. The molecule has 1 N–H and O–H groups in total. The van der Waals surface area contributed by atoms with Gasteiger partial charge in [-0.2, -0.15) is 0 Å². The van der Waals surface area contributed by atoms with E-state index in [2.05, 4.69) is 59.4 Å². The number of halogens is 1. The van der Waals surface area contributed by atoms with Crippen molar-refractivity contribution < 1.29 is 4.74 Å². The van der Waals surface area contributed by atoms with Crippen molar-refractivity contribution in [3.8, 4) is 5.75 Å². The van der Waals surface area contributed by atoms with Gasteiger partial charge in [0.2, 0.25) is 0 Å². The standard InChI is InChI=1S/C15H18BrNOS/c1-10(12-5-4-6-13(9-12)18-3)17-11(2)14-7-8-15(16)19-14/h4-11,17H,1-3H3. The molecular formula is C15H18BrNOS. The molecule has 102 valence electrons. The maximum Gasteiger partial charge on any atom is 0.119 e. The Morgan fingerprint density at radius 2 is 1.95 bits per heavy atom. The summed E-state index contributed by atoms with van der Waals surface area (Å²) in [7, 11) is 1.70. The number of hydrogen-bond donors (Lipinski definition) is 1. The molecule has 4 heteroatoms. The molecule has 0 radical (unpaired) electrons. The van der Waals surface area contributed by atoms with Gasteiger partial charge < -0.3 is 10.1 Å². The number of methoxy groups -OCH3 is 1. The van der Waals surface area contributed by atoms with E-state index in [1.54, 1.807) is 18.4 Å². The van der Waals surface area contributed by atoms with Crippen molar-refractivity contribution in [3.05, 3.63) is 50.6 Å². The first-order valence-electron chi connectivity index (χ1n) is 6.25. The number of benzene rings is 1. The van der Waals surface area contributed by atoms with Gasteiger partial charge in [0.15, 0.2) is 0 Å². The van der Waals surface area contributed by atoms with Crippen LogP contribution in [0.25, 0.3) is 0 Å². The lowest BCUT2D eigenvalue weighted by molar-refractivity contribution is 0.412. The van der Waals surface area contributed by atoms with Crippen LogP contribution in [0, 0.1) is 0 Å². The summed E-state index contributed by atoms with van der Waals surface area (Å²) in [5.41, 5.74) is 1.24. The zero-order valence-electron chi connectivity index (χ0n) is 11.3. The van der Waals surface area contributed by atoms with Crippen LogP contribution in [-0.2, 0) is 0 Å². The van der Waals surface area contributed by atoms with Crippen LogP contribution in [0.2, 0.25) is 0 Å². The maximum absolute atomic E-state index is 5.27. The summed E-state index contributed by atoms with van der Waals surface area (Å²) in [5.74, 6) is 0.901. The van der Waals surface area contributed by atoms with Crippen LogP contribution in [0.5, 0.6) is 5.75 Å². The maximum atomic E-state index is 5.27. The molecule has 0 amide bonds. The fraction of sp³-hybridized carbons (Fsp3) is 0.333. The minimum atomic E-state index is 0.283. The van der Waals surface area contributed by atoms with Crippen molar-refractivity contribution in [2.45, 2.75) is 25.9 Å².